The van der Waals surface area contributed by atoms with Gasteiger partial charge < -0.3 is 4.55 Å². The van der Waals surface area contributed by atoms with Gasteiger partial charge in [-0.3, -0.25) is 0 Å². The molecule has 0 radical (unpaired) electrons. The van der Waals surface area contributed by atoms with Crippen LogP contribution in [-0.4, -0.2) is 23.6 Å². The summed E-state index contributed by atoms with van der Waals surface area (Å²) < 4.78 is 74.5. The monoisotopic (exact) mass is 238 g/mol. The molecule has 12 heavy (non-hydrogen) atoms. The Morgan fingerprint density at radius 3 is 1.42 bits per heavy atom. The van der Waals surface area contributed by atoms with Crippen molar-refractivity contribution in [3.63, 3.8) is 0 Å². The topological polar surface area (TPSA) is 57.2 Å². The van der Waals surface area contributed by atoms with Crippen LogP contribution in [0.25, 0.3) is 0 Å². The van der Waals surface area contributed by atoms with Gasteiger partial charge in [-0.2, -0.15) is 17.6 Å². The molecule has 0 aliphatic heterocycles. The van der Waals surface area contributed by atoms with E-state index < -0.39 is 20.8 Å². The maximum absolute atomic E-state index is 11.7. The average Bonchev–Trinajstić information content (AvgIpc) is 1.58. The third-order valence-corrected chi connectivity index (χ3v) is 1.88. The molecule has 0 aromatic heterocycles. The van der Waals surface area contributed by atoms with E-state index in [4.69, 9.17) is 0 Å². The number of hydrogen-bond acceptors (Lipinski definition) is 3. The van der Waals surface area contributed by atoms with Crippen LogP contribution >= 0.6 is 11.6 Å². The van der Waals surface area contributed by atoms with Crippen molar-refractivity contribution in [2.45, 2.75) is 10.6 Å². The Balaban J connectivity index is 0. The minimum atomic E-state index is -6.43. The molecule has 10 heteroatoms. The van der Waals surface area contributed by atoms with E-state index in [0.29, 0.717) is 0 Å². The minimum absolute atomic E-state index is 0. The molecule has 0 unspecified atom stereocenters. The molecule has 0 aliphatic rings. The van der Waals surface area contributed by atoms with Gasteiger partial charge in [0.15, 0.2) is 10.1 Å². The molecule has 0 aliphatic carbocycles. The van der Waals surface area contributed by atoms with Crippen LogP contribution < -0.4 is 29.6 Å². The quantitative estimate of drug-likeness (QED) is 0.241. The maximum Gasteiger partial charge on any atom is 1.00 e. The van der Waals surface area contributed by atoms with Gasteiger partial charge in [-0.25, -0.2) is 8.42 Å². The first kappa shape index (κ1) is 15.4. The average molecular weight is 239 g/mol. The molecule has 0 aromatic carbocycles. The van der Waals surface area contributed by atoms with Crippen molar-refractivity contribution in [2.24, 2.45) is 0 Å². The normalized spacial score (nSPS) is 13.8. The van der Waals surface area contributed by atoms with Crippen molar-refractivity contribution >= 4 is 21.7 Å². The summed E-state index contributed by atoms with van der Waals surface area (Å²) in [7, 11) is -6.43. The molecule has 0 aromatic rings. The second kappa shape index (κ2) is 3.97. The Labute approximate surface area is 92.1 Å². The van der Waals surface area contributed by atoms with E-state index in [-0.39, 0.29) is 29.6 Å². The predicted molar refractivity (Wildman–Crippen MR) is 25.4 cm³/mol. The van der Waals surface area contributed by atoms with E-state index in [1.54, 1.807) is 0 Å². The largest absolute Gasteiger partial charge is 1.00 e. The van der Waals surface area contributed by atoms with Crippen LogP contribution in [0, 0.1) is 0 Å². The molecular formula is C2ClF4NaO3S. The van der Waals surface area contributed by atoms with Crippen LogP contribution in [0.1, 0.15) is 0 Å². The molecule has 0 bridgehead atoms. The van der Waals surface area contributed by atoms with Gasteiger partial charge >= 0.3 is 40.2 Å². The molecule has 0 heterocycles. The van der Waals surface area contributed by atoms with Crippen LogP contribution in [0.2, 0.25) is 0 Å². The zero-order valence-corrected chi connectivity index (χ0v) is 9.10. The van der Waals surface area contributed by atoms with Gasteiger partial charge in [-0.05, 0) is 11.6 Å². The molecule has 0 atom stereocenters. The van der Waals surface area contributed by atoms with E-state index in [1.807, 2.05) is 0 Å². The van der Waals surface area contributed by atoms with Crippen molar-refractivity contribution in [3.8, 4) is 0 Å². The number of hydrogen-bond donors (Lipinski definition) is 0. The second-order valence-electron chi connectivity index (χ2n) is 1.47. The smallest absolute Gasteiger partial charge is 0.743 e. The van der Waals surface area contributed by atoms with Gasteiger partial charge in [-0.1, -0.05) is 0 Å². The molecule has 3 nitrogen and oxygen atoms in total. The first-order chi connectivity index (χ1) is 4.50. The van der Waals surface area contributed by atoms with Crippen molar-refractivity contribution in [3.05, 3.63) is 0 Å². The van der Waals surface area contributed by atoms with Gasteiger partial charge in [0.05, 0.1) is 0 Å². The minimum Gasteiger partial charge on any atom is -0.743 e. The Hall–Kier alpha value is 0.920. The van der Waals surface area contributed by atoms with Gasteiger partial charge in [-0.15, -0.1) is 0 Å². The zero-order chi connectivity index (χ0) is 9.50. The number of alkyl halides is 5. The Morgan fingerprint density at radius 1 is 1.17 bits per heavy atom. The maximum atomic E-state index is 11.7. The second-order valence-corrected chi connectivity index (χ2v) is 3.36. The van der Waals surface area contributed by atoms with Crippen molar-refractivity contribution in [1.29, 1.82) is 0 Å². The fraction of sp³-hybridized carbons (Fsp3) is 1.00. The Morgan fingerprint density at radius 2 is 1.42 bits per heavy atom. The summed E-state index contributed by atoms with van der Waals surface area (Å²) in [5, 5.41) is -11.2. The molecule has 0 saturated heterocycles. The summed E-state index contributed by atoms with van der Waals surface area (Å²) in [6.07, 6.45) is 0. The van der Waals surface area contributed by atoms with Gasteiger partial charge in [0.1, 0.15) is 0 Å². The van der Waals surface area contributed by atoms with Gasteiger partial charge in [0.25, 0.3) is 0 Å². The van der Waals surface area contributed by atoms with E-state index in [2.05, 4.69) is 11.6 Å². The summed E-state index contributed by atoms with van der Waals surface area (Å²) in [6.45, 7) is 0. The third kappa shape index (κ3) is 3.00. The van der Waals surface area contributed by atoms with E-state index in [9.17, 15) is 30.5 Å². The zero-order valence-electron chi connectivity index (χ0n) is 5.52. The standard InChI is InChI=1S/C2HClF4O3S.Na/c3-1(4,5)2(6,7)11(8,9)10;/h(H,8,9,10);/q;+1/p-1. The van der Waals surface area contributed by atoms with Crippen molar-refractivity contribution < 1.29 is 60.1 Å². The molecule has 0 spiro atoms. The molecular weight excluding hydrogens is 239 g/mol. The van der Waals surface area contributed by atoms with Crippen molar-refractivity contribution in [1.82, 2.24) is 0 Å². The van der Waals surface area contributed by atoms with Crippen molar-refractivity contribution in [2.75, 3.05) is 0 Å². The summed E-state index contributed by atoms with van der Waals surface area (Å²) in [5.41, 5.74) is 0. The first-order valence-electron chi connectivity index (χ1n) is 1.90. The third-order valence-electron chi connectivity index (χ3n) is 0.644. The Kier molecular flexibility index (Phi) is 5.09. The summed E-state index contributed by atoms with van der Waals surface area (Å²) in [4.78, 5) is 0. The van der Waals surface area contributed by atoms with Crippen LogP contribution in [0.3, 0.4) is 0 Å². The van der Waals surface area contributed by atoms with E-state index in [0.717, 1.165) is 0 Å². The molecule has 0 amide bonds. The summed E-state index contributed by atoms with van der Waals surface area (Å²) >= 11 is 3.65. The van der Waals surface area contributed by atoms with E-state index >= 15 is 0 Å². The van der Waals surface area contributed by atoms with Crippen LogP contribution in [-0.2, 0) is 10.1 Å². The molecule has 68 valence electrons. The Bertz CT molecular complexity index is 246. The fourth-order valence-corrected chi connectivity index (χ4v) is 0.709. The van der Waals surface area contributed by atoms with Crippen LogP contribution in [0.15, 0.2) is 0 Å². The van der Waals surface area contributed by atoms with E-state index in [1.165, 1.54) is 0 Å². The first-order valence-corrected chi connectivity index (χ1v) is 3.69. The van der Waals surface area contributed by atoms with Crippen LogP contribution in [0.5, 0.6) is 0 Å². The fourth-order valence-electron chi connectivity index (χ4n) is 0.142. The van der Waals surface area contributed by atoms with Crippen LogP contribution in [0.4, 0.5) is 17.6 Å². The van der Waals surface area contributed by atoms with Gasteiger partial charge in [0, 0.05) is 0 Å². The SMILES string of the molecule is O=S(=O)([O-])C(F)(F)C(F)(F)Cl.[Na+]. The molecule has 0 fully saturated rings. The predicted octanol–water partition coefficient (Wildman–Crippen LogP) is -2.04. The summed E-state index contributed by atoms with van der Waals surface area (Å²) in [5.74, 6) is 0. The molecule has 0 rings (SSSR count). The summed E-state index contributed by atoms with van der Waals surface area (Å²) in [6, 6.07) is 0. The number of halogens is 5. The van der Waals surface area contributed by atoms with Gasteiger partial charge in [0.2, 0.25) is 0 Å². The molecule has 0 saturated carbocycles. The number of rotatable bonds is 2. The molecule has 0 N–H and O–H groups in total.